The lowest BCUT2D eigenvalue weighted by Crippen LogP contribution is -2.29. The predicted molar refractivity (Wildman–Crippen MR) is 97.6 cm³/mol. The highest BCUT2D eigenvalue weighted by molar-refractivity contribution is 6.31. The molecule has 122 valence electrons. The van der Waals surface area contributed by atoms with Crippen LogP contribution in [0.4, 0.5) is 0 Å². The number of rotatable bonds is 6. The SMILES string of the molecule is O=C(Cc1ccccc1Cl)NCCOc1cccc2ccccc12. The topological polar surface area (TPSA) is 38.3 Å². The zero-order valence-corrected chi connectivity index (χ0v) is 13.9. The Bertz CT molecular complexity index is 842. The Labute approximate surface area is 146 Å². The van der Waals surface area contributed by atoms with Crippen LogP contribution in [0.25, 0.3) is 10.8 Å². The van der Waals surface area contributed by atoms with Crippen LogP contribution in [0.15, 0.2) is 66.7 Å². The Morgan fingerprint density at radius 2 is 1.71 bits per heavy atom. The number of carbonyl (C=O) groups is 1. The summed E-state index contributed by atoms with van der Waals surface area (Å²) >= 11 is 6.06. The smallest absolute Gasteiger partial charge is 0.224 e. The van der Waals surface area contributed by atoms with Crippen LogP contribution >= 0.6 is 11.6 Å². The molecule has 0 aliphatic heterocycles. The van der Waals surface area contributed by atoms with E-state index < -0.39 is 0 Å². The molecule has 0 bridgehead atoms. The quantitative estimate of drug-likeness (QED) is 0.682. The number of fused-ring (bicyclic) bond motifs is 1. The first kappa shape index (κ1) is 16.3. The van der Waals surface area contributed by atoms with E-state index in [4.69, 9.17) is 16.3 Å². The summed E-state index contributed by atoms with van der Waals surface area (Å²) in [5, 5.41) is 5.67. The van der Waals surface area contributed by atoms with Gasteiger partial charge < -0.3 is 10.1 Å². The first-order chi connectivity index (χ1) is 11.7. The minimum Gasteiger partial charge on any atom is -0.491 e. The van der Waals surface area contributed by atoms with Crippen LogP contribution in [0, 0.1) is 0 Å². The molecule has 3 aromatic carbocycles. The van der Waals surface area contributed by atoms with Gasteiger partial charge in [-0.2, -0.15) is 0 Å². The van der Waals surface area contributed by atoms with Crippen molar-refractivity contribution in [1.82, 2.24) is 5.32 Å². The van der Waals surface area contributed by atoms with Gasteiger partial charge in [-0.1, -0.05) is 66.2 Å². The van der Waals surface area contributed by atoms with Crippen molar-refractivity contribution in [2.75, 3.05) is 13.2 Å². The summed E-state index contributed by atoms with van der Waals surface area (Å²) in [5.74, 6) is 0.762. The van der Waals surface area contributed by atoms with Crippen LogP contribution in [0.2, 0.25) is 5.02 Å². The molecule has 0 aliphatic carbocycles. The van der Waals surface area contributed by atoms with Crippen LogP contribution in [0.5, 0.6) is 5.75 Å². The molecule has 4 heteroatoms. The number of ether oxygens (including phenoxy) is 1. The second-order valence-electron chi connectivity index (χ2n) is 5.44. The average molecular weight is 340 g/mol. The lowest BCUT2D eigenvalue weighted by Gasteiger charge is -2.10. The lowest BCUT2D eigenvalue weighted by atomic mass is 10.1. The maximum Gasteiger partial charge on any atom is 0.224 e. The number of nitrogens with one attached hydrogen (secondary N) is 1. The molecule has 1 N–H and O–H groups in total. The zero-order chi connectivity index (χ0) is 16.8. The van der Waals surface area contributed by atoms with Crippen molar-refractivity contribution in [3.05, 3.63) is 77.3 Å². The summed E-state index contributed by atoms with van der Waals surface area (Å²) < 4.78 is 5.80. The second-order valence-corrected chi connectivity index (χ2v) is 5.85. The Kier molecular flexibility index (Phi) is 5.34. The minimum absolute atomic E-state index is 0.0652. The molecule has 0 spiro atoms. The van der Waals surface area contributed by atoms with E-state index in [1.807, 2.05) is 60.7 Å². The van der Waals surface area contributed by atoms with Gasteiger partial charge in [0.25, 0.3) is 0 Å². The summed E-state index contributed by atoms with van der Waals surface area (Å²) in [6.45, 7) is 0.870. The molecule has 3 rings (SSSR count). The molecule has 24 heavy (non-hydrogen) atoms. The van der Waals surface area contributed by atoms with Gasteiger partial charge >= 0.3 is 0 Å². The maximum absolute atomic E-state index is 12.0. The number of hydrogen-bond acceptors (Lipinski definition) is 2. The summed E-state index contributed by atoms with van der Waals surface area (Å²) in [6.07, 6.45) is 0.272. The van der Waals surface area contributed by atoms with Crippen LogP contribution in [-0.4, -0.2) is 19.1 Å². The van der Waals surface area contributed by atoms with Gasteiger partial charge in [-0.25, -0.2) is 0 Å². The highest BCUT2D eigenvalue weighted by Crippen LogP contribution is 2.24. The van der Waals surface area contributed by atoms with E-state index in [0.717, 1.165) is 22.1 Å². The molecular weight excluding hydrogens is 322 g/mol. The van der Waals surface area contributed by atoms with Gasteiger partial charge in [-0.05, 0) is 23.1 Å². The number of benzene rings is 3. The van der Waals surface area contributed by atoms with Gasteiger partial charge in [0.1, 0.15) is 12.4 Å². The third-order valence-corrected chi connectivity index (χ3v) is 4.11. The minimum atomic E-state index is -0.0652. The molecule has 1 amide bonds. The summed E-state index contributed by atoms with van der Waals surface area (Å²) in [4.78, 5) is 12.0. The average Bonchev–Trinajstić information content (AvgIpc) is 2.61. The number of halogens is 1. The van der Waals surface area contributed by atoms with Crippen molar-refractivity contribution in [2.45, 2.75) is 6.42 Å². The monoisotopic (exact) mass is 339 g/mol. The summed E-state index contributed by atoms with van der Waals surface area (Å²) in [5.41, 5.74) is 0.826. The Morgan fingerprint density at radius 3 is 2.58 bits per heavy atom. The first-order valence-corrected chi connectivity index (χ1v) is 8.22. The molecule has 3 nitrogen and oxygen atoms in total. The molecule has 0 saturated carbocycles. The van der Waals surface area contributed by atoms with Crippen LogP contribution in [0.1, 0.15) is 5.56 Å². The van der Waals surface area contributed by atoms with E-state index in [1.54, 1.807) is 6.07 Å². The van der Waals surface area contributed by atoms with Gasteiger partial charge in [0.05, 0.1) is 13.0 Å². The fourth-order valence-electron chi connectivity index (χ4n) is 2.55. The normalized spacial score (nSPS) is 10.5. The van der Waals surface area contributed by atoms with Gasteiger partial charge in [0.15, 0.2) is 0 Å². The predicted octanol–water partition coefficient (Wildman–Crippen LogP) is 4.23. The maximum atomic E-state index is 12.0. The lowest BCUT2D eigenvalue weighted by molar-refractivity contribution is -0.120. The molecule has 0 atom stereocenters. The molecule has 0 aromatic heterocycles. The molecule has 0 saturated heterocycles. The van der Waals surface area contributed by atoms with E-state index in [0.29, 0.717) is 18.2 Å². The van der Waals surface area contributed by atoms with Crippen molar-refractivity contribution in [2.24, 2.45) is 0 Å². The Balaban J connectivity index is 1.50. The Morgan fingerprint density at radius 1 is 0.958 bits per heavy atom. The number of amides is 1. The van der Waals surface area contributed by atoms with Crippen molar-refractivity contribution in [1.29, 1.82) is 0 Å². The van der Waals surface area contributed by atoms with Crippen molar-refractivity contribution >= 4 is 28.3 Å². The molecule has 0 unspecified atom stereocenters. The standard InChI is InChI=1S/C20H18ClNO2/c21-18-10-4-2-7-16(18)14-20(23)22-12-13-24-19-11-5-8-15-6-1-3-9-17(15)19/h1-11H,12-14H2,(H,22,23). The van der Waals surface area contributed by atoms with Crippen molar-refractivity contribution in [3.63, 3.8) is 0 Å². The van der Waals surface area contributed by atoms with Gasteiger partial charge in [-0.15, -0.1) is 0 Å². The summed E-state index contributed by atoms with van der Waals surface area (Å²) in [6, 6.07) is 21.4. The molecule has 0 radical (unpaired) electrons. The highest BCUT2D eigenvalue weighted by atomic mass is 35.5. The van der Waals surface area contributed by atoms with E-state index in [1.165, 1.54) is 0 Å². The summed E-state index contributed by atoms with van der Waals surface area (Å²) in [7, 11) is 0. The van der Waals surface area contributed by atoms with Gasteiger partial charge in [-0.3, -0.25) is 4.79 Å². The van der Waals surface area contributed by atoms with Crippen molar-refractivity contribution < 1.29 is 9.53 Å². The number of hydrogen-bond donors (Lipinski definition) is 1. The largest absolute Gasteiger partial charge is 0.491 e. The fraction of sp³-hybridized carbons (Fsp3) is 0.150. The van der Waals surface area contributed by atoms with Crippen molar-refractivity contribution in [3.8, 4) is 5.75 Å². The molecule has 0 fully saturated rings. The van der Waals surface area contributed by atoms with Crippen LogP contribution in [-0.2, 0) is 11.2 Å². The van der Waals surface area contributed by atoms with E-state index in [-0.39, 0.29) is 12.3 Å². The zero-order valence-electron chi connectivity index (χ0n) is 13.2. The first-order valence-electron chi connectivity index (χ1n) is 7.85. The van der Waals surface area contributed by atoms with Gasteiger partial charge in [0.2, 0.25) is 5.91 Å². The van der Waals surface area contributed by atoms with Crippen LogP contribution in [0.3, 0.4) is 0 Å². The van der Waals surface area contributed by atoms with E-state index in [2.05, 4.69) is 5.32 Å². The molecule has 3 aromatic rings. The van der Waals surface area contributed by atoms with Gasteiger partial charge in [0, 0.05) is 10.4 Å². The molecular formula is C20H18ClNO2. The fourth-order valence-corrected chi connectivity index (χ4v) is 2.75. The van der Waals surface area contributed by atoms with E-state index >= 15 is 0 Å². The highest BCUT2D eigenvalue weighted by Gasteiger charge is 2.06. The second kappa shape index (κ2) is 7.84. The third kappa shape index (κ3) is 4.06. The molecule has 0 aliphatic rings. The third-order valence-electron chi connectivity index (χ3n) is 3.74. The Hall–Kier alpha value is -2.52. The van der Waals surface area contributed by atoms with E-state index in [9.17, 15) is 4.79 Å². The molecule has 0 heterocycles. The number of carbonyl (C=O) groups excluding carboxylic acids is 1. The van der Waals surface area contributed by atoms with Crippen LogP contribution < -0.4 is 10.1 Å².